The van der Waals surface area contributed by atoms with Gasteiger partial charge >= 0.3 is 0 Å². The van der Waals surface area contributed by atoms with E-state index in [-0.39, 0.29) is 5.78 Å². The molecular weight excluding hydrogens is 112 g/mol. The van der Waals surface area contributed by atoms with Gasteiger partial charge in [-0.25, -0.2) is 0 Å². The molecule has 1 heteroatoms. The van der Waals surface area contributed by atoms with Crippen LogP contribution in [0.25, 0.3) is 0 Å². The summed E-state index contributed by atoms with van der Waals surface area (Å²) in [6.45, 7) is 5.44. The Balaban J connectivity index is 2.95. The van der Waals surface area contributed by atoms with Crippen LogP contribution < -0.4 is 0 Å². The summed E-state index contributed by atoms with van der Waals surface area (Å²) < 4.78 is 0. The minimum Gasteiger partial charge on any atom is -0.289 e. The maximum atomic E-state index is 10.8. The van der Waals surface area contributed by atoms with E-state index in [0.29, 0.717) is 5.57 Å². The maximum Gasteiger partial charge on any atom is 0.185 e. The van der Waals surface area contributed by atoms with E-state index in [0.717, 1.165) is 5.57 Å². The standard InChI is InChI=1S/C8H8O/c1-6-3-4-7(2)8(9)5-6/h3-5H,2H2,1H3. The fourth-order valence-corrected chi connectivity index (χ4v) is 0.662. The largest absolute Gasteiger partial charge is 0.289 e. The van der Waals surface area contributed by atoms with Gasteiger partial charge in [-0.15, -0.1) is 0 Å². The molecule has 1 aliphatic rings. The van der Waals surface area contributed by atoms with E-state index >= 15 is 0 Å². The highest BCUT2D eigenvalue weighted by molar-refractivity contribution is 6.07. The minimum absolute atomic E-state index is 0.0231. The van der Waals surface area contributed by atoms with Crippen molar-refractivity contribution in [3.05, 3.63) is 36.0 Å². The van der Waals surface area contributed by atoms with Crippen molar-refractivity contribution in [1.29, 1.82) is 0 Å². The Labute approximate surface area is 54.4 Å². The van der Waals surface area contributed by atoms with Crippen LogP contribution in [0.15, 0.2) is 36.0 Å². The Morgan fingerprint density at radius 3 is 2.56 bits per heavy atom. The third-order valence-electron chi connectivity index (χ3n) is 1.22. The molecular formula is C8H8O. The fourth-order valence-electron chi connectivity index (χ4n) is 0.662. The van der Waals surface area contributed by atoms with E-state index in [2.05, 4.69) is 6.58 Å². The molecule has 0 radical (unpaired) electrons. The van der Waals surface area contributed by atoms with Crippen molar-refractivity contribution in [2.75, 3.05) is 0 Å². The third-order valence-corrected chi connectivity index (χ3v) is 1.22. The minimum atomic E-state index is 0.0231. The summed E-state index contributed by atoms with van der Waals surface area (Å²) >= 11 is 0. The van der Waals surface area contributed by atoms with Crippen molar-refractivity contribution in [2.45, 2.75) is 6.92 Å². The van der Waals surface area contributed by atoms with Gasteiger partial charge in [0, 0.05) is 5.57 Å². The second-order valence-electron chi connectivity index (χ2n) is 2.11. The van der Waals surface area contributed by atoms with E-state index in [1.165, 1.54) is 0 Å². The lowest BCUT2D eigenvalue weighted by Crippen LogP contribution is -1.98. The zero-order valence-electron chi connectivity index (χ0n) is 5.35. The van der Waals surface area contributed by atoms with Gasteiger partial charge in [-0.3, -0.25) is 4.79 Å². The quantitative estimate of drug-likeness (QED) is 0.444. The Morgan fingerprint density at radius 1 is 1.44 bits per heavy atom. The predicted molar refractivity (Wildman–Crippen MR) is 37.0 cm³/mol. The molecule has 1 rings (SSSR count). The Morgan fingerprint density at radius 2 is 2.11 bits per heavy atom. The summed E-state index contributed by atoms with van der Waals surface area (Å²) in [7, 11) is 0. The molecule has 0 saturated heterocycles. The molecule has 9 heavy (non-hydrogen) atoms. The molecule has 0 aliphatic heterocycles. The smallest absolute Gasteiger partial charge is 0.185 e. The highest BCUT2D eigenvalue weighted by atomic mass is 16.1. The summed E-state index contributed by atoms with van der Waals surface area (Å²) in [5.41, 5.74) is 1.56. The number of carbonyl (C=O) groups excluding carboxylic acids is 1. The Hall–Kier alpha value is -1.11. The number of hydrogen-bond acceptors (Lipinski definition) is 1. The molecule has 0 spiro atoms. The molecule has 1 nitrogen and oxygen atoms in total. The van der Waals surface area contributed by atoms with Crippen LogP contribution in [-0.2, 0) is 4.79 Å². The predicted octanol–water partition coefficient (Wildman–Crippen LogP) is 1.63. The van der Waals surface area contributed by atoms with Crippen LogP contribution >= 0.6 is 0 Å². The fraction of sp³-hybridized carbons (Fsp3) is 0.125. The van der Waals surface area contributed by atoms with Crippen LogP contribution in [0.4, 0.5) is 0 Å². The number of allylic oxidation sites excluding steroid dienone is 5. The third kappa shape index (κ3) is 1.17. The van der Waals surface area contributed by atoms with E-state index < -0.39 is 0 Å². The molecule has 0 fully saturated rings. The molecule has 0 bridgehead atoms. The highest BCUT2D eigenvalue weighted by Crippen LogP contribution is 2.08. The molecule has 0 unspecified atom stereocenters. The monoisotopic (exact) mass is 120 g/mol. The van der Waals surface area contributed by atoms with Crippen molar-refractivity contribution in [3.8, 4) is 0 Å². The molecule has 0 aromatic heterocycles. The summed E-state index contributed by atoms with van der Waals surface area (Å²) in [5.74, 6) is 0.0231. The van der Waals surface area contributed by atoms with Gasteiger partial charge in [0.05, 0.1) is 0 Å². The lowest BCUT2D eigenvalue weighted by Gasteiger charge is -2.00. The van der Waals surface area contributed by atoms with Gasteiger partial charge in [0.25, 0.3) is 0 Å². The van der Waals surface area contributed by atoms with Crippen LogP contribution in [0, 0.1) is 0 Å². The molecule has 0 heterocycles. The zero-order chi connectivity index (χ0) is 6.85. The molecule has 0 N–H and O–H groups in total. The van der Waals surface area contributed by atoms with Gasteiger partial charge in [0.1, 0.15) is 0 Å². The van der Waals surface area contributed by atoms with Crippen molar-refractivity contribution >= 4 is 5.78 Å². The van der Waals surface area contributed by atoms with Crippen molar-refractivity contribution < 1.29 is 4.79 Å². The first-order chi connectivity index (χ1) is 4.20. The van der Waals surface area contributed by atoms with Crippen molar-refractivity contribution in [2.24, 2.45) is 0 Å². The highest BCUT2D eigenvalue weighted by Gasteiger charge is 2.03. The van der Waals surface area contributed by atoms with E-state index in [4.69, 9.17) is 0 Å². The van der Waals surface area contributed by atoms with Gasteiger partial charge in [0.15, 0.2) is 5.78 Å². The van der Waals surface area contributed by atoms with Crippen LogP contribution in [-0.4, -0.2) is 5.78 Å². The molecule has 0 aromatic rings. The summed E-state index contributed by atoms with van der Waals surface area (Å²) in [6.07, 6.45) is 5.20. The van der Waals surface area contributed by atoms with Gasteiger partial charge in [-0.2, -0.15) is 0 Å². The van der Waals surface area contributed by atoms with Crippen LogP contribution in [0.2, 0.25) is 0 Å². The lowest BCUT2D eigenvalue weighted by molar-refractivity contribution is -0.111. The molecule has 1 aliphatic carbocycles. The van der Waals surface area contributed by atoms with Gasteiger partial charge < -0.3 is 0 Å². The first kappa shape index (κ1) is 6.02. The molecule has 0 saturated carbocycles. The Bertz CT molecular complexity index is 219. The second kappa shape index (κ2) is 2.02. The molecule has 46 valence electrons. The molecule has 0 aromatic carbocycles. The first-order valence-corrected chi connectivity index (χ1v) is 2.80. The summed E-state index contributed by atoms with van der Waals surface area (Å²) in [6, 6.07) is 0. The van der Waals surface area contributed by atoms with E-state index in [1.54, 1.807) is 12.2 Å². The van der Waals surface area contributed by atoms with Gasteiger partial charge in [0.2, 0.25) is 0 Å². The first-order valence-electron chi connectivity index (χ1n) is 2.80. The van der Waals surface area contributed by atoms with Crippen molar-refractivity contribution in [3.63, 3.8) is 0 Å². The SMILES string of the molecule is C=C1C=CC(C)=CC1=O. The number of carbonyl (C=O) groups is 1. The van der Waals surface area contributed by atoms with E-state index in [1.807, 2.05) is 13.0 Å². The molecule has 0 atom stereocenters. The van der Waals surface area contributed by atoms with Crippen LogP contribution in [0.1, 0.15) is 6.92 Å². The summed E-state index contributed by atoms with van der Waals surface area (Å²) in [4.78, 5) is 10.8. The number of hydrogen-bond donors (Lipinski definition) is 0. The zero-order valence-corrected chi connectivity index (χ0v) is 5.35. The average Bonchev–Trinajstić information content (AvgIpc) is 1.80. The van der Waals surface area contributed by atoms with Gasteiger partial charge in [-0.05, 0) is 18.6 Å². The average molecular weight is 120 g/mol. The van der Waals surface area contributed by atoms with E-state index in [9.17, 15) is 4.79 Å². The normalized spacial score (nSPS) is 18.1. The van der Waals surface area contributed by atoms with Crippen LogP contribution in [0.5, 0.6) is 0 Å². The maximum absolute atomic E-state index is 10.8. The van der Waals surface area contributed by atoms with Crippen molar-refractivity contribution in [1.82, 2.24) is 0 Å². The second-order valence-corrected chi connectivity index (χ2v) is 2.11. The summed E-state index contributed by atoms with van der Waals surface area (Å²) in [5, 5.41) is 0. The molecule has 0 amide bonds. The van der Waals surface area contributed by atoms with Crippen LogP contribution in [0.3, 0.4) is 0 Å². The number of rotatable bonds is 0. The number of ketones is 1. The lowest BCUT2D eigenvalue weighted by atomic mass is 10.0. The Kier molecular flexibility index (Phi) is 1.35. The topological polar surface area (TPSA) is 17.1 Å². The van der Waals surface area contributed by atoms with Gasteiger partial charge in [-0.1, -0.05) is 18.7 Å².